The molecule has 1 aromatic heterocycles. The number of anilines is 1. The van der Waals surface area contributed by atoms with E-state index in [9.17, 15) is 9.59 Å². The lowest BCUT2D eigenvalue weighted by Gasteiger charge is -2.27. The van der Waals surface area contributed by atoms with Crippen molar-refractivity contribution in [1.82, 2.24) is 4.90 Å². The first kappa shape index (κ1) is 19.2. The number of benzene rings is 1. The highest BCUT2D eigenvalue weighted by atomic mass is 32.1. The van der Waals surface area contributed by atoms with Gasteiger partial charge in [-0.25, -0.2) is 9.59 Å². The van der Waals surface area contributed by atoms with E-state index >= 15 is 0 Å². The van der Waals surface area contributed by atoms with Crippen molar-refractivity contribution in [2.75, 3.05) is 12.3 Å². The molecule has 1 aliphatic heterocycles. The lowest BCUT2D eigenvalue weighted by molar-refractivity contribution is 0.00697. The van der Waals surface area contributed by atoms with Gasteiger partial charge in [-0.2, -0.15) is 0 Å². The molecule has 7 heteroatoms. The van der Waals surface area contributed by atoms with E-state index in [0.29, 0.717) is 30.1 Å². The van der Waals surface area contributed by atoms with Crippen LogP contribution in [0.3, 0.4) is 0 Å². The Labute approximate surface area is 162 Å². The summed E-state index contributed by atoms with van der Waals surface area (Å²) in [7, 11) is 0. The van der Waals surface area contributed by atoms with Crippen molar-refractivity contribution in [3.05, 3.63) is 51.9 Å². The van der Waals surface area contributed by atoms with Gasteiger partial charge in [0.15, 0.2) is 0 Å². The summed E-state index contributed by atoms with van der Waals surface area (Å²) in [4.78, 5) is 27.4. The second-order valence-electron chi connectivity index (χ2n) is 7.46. The fourth-order valence-electron chi connectivity index (χ4n) is 2.94. The third-order valence-electron chi connectivity index (χ3n) is 4.15. The molecule has 1 aromatic carbocycles. The molecular formula is C20H24N2O4S. The summed E-state index contributed by atoms with van der Waals surface area (Å²) in [6.45, 7) is 6.57. The molecule has 144 valence electrons. The molecule has 2 aromatic rings. The van der Waals surface area contributed by atoms with Crippen molar-refractivity contribution in [2.24, 2.45) is 0 Å². The van der Waals surface area contributed by atoms with Crippen LogP contribution in [-0.2, 0) is 29.0 Å². The first-order valence-electron chi connectivity index (χ1n) is 8.83. The third kappa shape index (κ3) is 4.60. The fourth-order valence-corrected chi connectivity index (χ4v) is 4.07. The second-order valence-corrected chi connectivity index (χ2v) is 8.59. The lowest BCUT2D eigenvalue weighted by atomic mass is 10.0. The molecule has 1 amide bonds. The van der Waals surface area contributed by atoms with Crippen molar-refractivity contribution in [3.8, 4) is 0 Å². The second kappa shape index (κ2) is 7.60. The summed E-state index contributed by atoms with van der Waals surface area (Å²) in [5.74, 6) is -0.405. The van der Waals surface area contributed by atoms with E-state index < -0.39 is 11.6 Å². The van der Waals surface area contributed by atoms with Crippen molar-refractivity contribution in [2.45, 2.75) is 45.9 Å². The van der Waals surface area contributed by atoms with Gasteiger partial charge in [-0.3, -0.25) is 0 Å². The van der Waals surface area contributed by atoms with Crippen LogP contribution in [0.1, 0.15) is 47.1 Å². The van der Waals surface area contributed by atoms with Crippen LogP contribution in [0.15, 0.2) is 30.3 Å². The molecule has 0 atom stereocenters. The zero-order chi connectivity index (χ0) is 19.6. The van der Waals surface area contributed by atoms with E-state index in [1.54, 1.807) is 4.90 Å². The number of esters is 1. The zero-order valence-corrected chi connectivity index (χ0v) is 16.6. The molecule has 0 aliphatic carbocycles. The number of amides is 1. The summed E-state index contributed by atoms with van der Waals surface area (Å²) < 4.78 is 10.9. The zero-order valence-electron chi connectivity index (χ0n) is 15.8. The van der Waals surface area contributed by atoms with Crippen molar-refractivity contribution < 1.29 is 19.1 Å². The van der Waals surface area contributed by atoms with Gasteiger partial charge in [0.2, 0.25) is 0 Å². The predicted octanol–water partition coefficient (Wildman–Crippen LogP) is 3.98. The standard InChI is InChI=1S/C20H24N2O4S/c1-20(2,3)26-18(23)16-14-9-10-22(11-15(14)27-17(16)21)19(24)25-12-13-7-5-4-6-8-13/h4-8H,9-12,21H2,1-3H3. The fraction of sp³-hybridized carbons (Fsp3) is 0.400. The quantitative estimate of drug-likeness (QED) is 0.804. The molecule has 0 unspecified atom stereocenters. The summed E-state index contributed by atoms with van der Waals surface area (Å²) in [5, 5.41) is 0.439. The van der Waals surface area contributed by atoms with Gasteiger partial charge >= 0.3 is 12.1 Å². The van der Waals surface area contributed by atoms with E-state index in [2.05, 4.69) is 0 Å². The van der Waals surface area contributed by atoms with Gasteiger partial charge in [-0.1, -0.05) is 30.3 Å². The van der Waals surface area contributed by atoms with Crippen molar-refractivity contribution >= 4 is 28.4 Å². The van der Waals surface area contributed by atoms with E-state index in [4.69, 9.17) is 15.2 Å². The summed E-state index contributed by atoms with van der Waals surface area (Å²) >= 11 is 1.33. The SMILES string of the molecule is CC(C)(C)OC(=O)c1c(N)sc2c1CCN(C(=O)OCc1ccccc1)C2. The first-order valence-corrected chi connectivity index (χ1v) is 9.65. The Balaban J connectivity index is 1.67. The van der Waals surface area contributed by atoms with Crippen LogP contribution in [0.5, 0.6) is 0 Å². The molecule has 0 fully saturated rings. The van der Waals surface area contributed by atoms with Crippen LogP contribution in [0.2, 0.25) is 0 Å². The van der Waals surface area contributed by atoms with Crippen LogP contribution >= 0.6 is 11.3 Å². The molecule has 2 N–H and O–H groups in total. The molecule has 0 radical (unpaired) electrons. The van der Waals surface area contributed by atoms with E-state index in [-0.39, 0.29) is 12.7 Å². The Morgan fingerprint density at radius 2 is 1.93 bits per heavy atom. The van der Waals surface area contributed by atoms with Crippen molar-refractivity contribution in [3.63, 3.8) is 0 Å². The molecule has 0 saturated heterocycles. The van der Waals surface area contributed by atoms with E-state index in [1.165, 1.54) is 11.3 Å². The van der Waals surface area contributed by atoms with Gasteiger partial charge in [-0.05, 0) is 38.3 Å². The molecule has 6 nitrogen and oxygen atoms in total. The first-order chi connectivity index (χ1) is 12.7. The number of nitrogen functional groups attached to an aromatic ring is 1. The largest absolute Gasteiger partial charge is 0.456 e. The monoisotopic (exact) mass is 388 g/mol. The number of fused-ring (bicyclic) bond motifs is 1. The number of hydrogen-bond acceptors (Lipinski definition) is 6. The van der Waals surface area contributed by atoms with Gasteiger partial charge in [-0.15, -0.1) is 11.3 Å². The number of nitrogens with zero attached hydrogens (tertiary/aromatic N) is 1. The minimum absolute atomic E-state index is 0.235. The highest BCUT2D eigenvalue weighted by Gasteiger charge is 2.31. The Morgan fingerprint density at radius 3 is 2.59 bits per heavy atom. The molecular weight excluding hydrogens is 364 g/mol. The normalized spacial score (nSPS) is 13.8. The number of thiophene rings is 1. The number of rotatable bonds is 3. The van der Waals surface area contributed by atoms with Gasteiger partial charge in [0.25, 0.3) is 0 Å². The van der Waals surface area contributed by atoms with Crippen LogP contribution in [0, 0.1) is 0 Å². The average molecular weight is 388 g/mol. The number of carbonyl (C=O) groups excluding carboxylic acids is 2. The van der Waals surface area contributed by atoms with Crippen LogP contribution in [0.25, 0.3) is 0 Å². The summed E-state index contributed by atoms with van der Waals surface area (Å²) in [5.41, 5.74) is 7.77. The van der Waals surface area contributed by atoms with E-state index in [0.717, 1.165) is 16.0 Å². The highest BCUT2D eigenvalue weighted by molar-refractivity contribution is 7.16. The number of ether oxygens (including phenoxy) is 2. The maximum absolute atomic E-state index is 12.5. The Kier molecular flexibility index (Phi) is 5.41. The molecule has 2 heterocycles. The topological polar surface area (TPSA) is 81.9 Å². The van der Waals surface area contributed by atoms with Crippen LogP contribution in [-0.4, -0.2) is 29.1 Å². The minimum Gasteiger partial charge on any atom is -0.456 e. The van der Waals surface area contributed by atoms with Crippen molar-refractivity contribution in [1.29, 1.82) is 0 Å². The predicted molar refractivity (Wildman–Crippen MR) is 105 cm³/mol. The number of nitrogens with two attached hydrogens (primary N) is 1. The van der Waals surface area contributed by atoms with Crippen LogP contribution < -0.4 is 5.73 Å². The third-order valence-corrected chi connectivity index (χ3v) is 5.20. The minimum atomic E-state index is -0.583. The van der Waals surface area contributed by atoms with E-state index in [1.807, 2.05) is 51.1 Å². The molecule has 1 aliphatic rings. The maximum atomic E-state index is 12.5. The molecule has 0 spiro atoms. The average Bonchev–Trinajstić information content (AvgIpc) is 2.94. The Morgan fingerprint density at radius 1 is 1.22 bits per heavy atom. The number of carbonyl (C=O) groups is 2. The molecule has 0 saturated carbocycles. The Bertz CT molecular complexity index is 840. The van der Waals surface area contributed by atoms with Gasteiger partial charge < -0.3 is 20.1 Å². The molecule has 3 rings (SSSR count). The number of hydrogen-bond donors (Lipinski definition) is 1. The van der Waals surface area contributed by atoms with Gasteiger partial charge in [0.1, 0.15) is 17.2 Å². The smallest absolute Gasteiger partial charge is 0.410 e. The Hall–Kier alpha value is -2.54. The summed E-state index contributed by atoms with van der Waals surface area (Å²) in [6, 6.07) is 9.55. The highest BCUT2D eigenvalue weighted by Crippen LogP contribution is 2.36. The maximum Gasteiger partial charge on any atom is 0.410 e. The lowest BCUT2D eigenvalue weighted by Crippen LogP contribution is -2.36. The molecule has 27 heavy (non-hydrogen) atoms. The summed E-state index contributed by atoms with van der Waals surface area (Å²) in [6.07, 6.45) is 0.188. The van der Waals surface area contributed by atoms with Crippen LogP contribution in [0.4, 0.5) is 9.80 Å². The van der Waals surface area contributed by atoms with Gasteiger partial charge in [0.05, 0.1) is 12.1 Å². The van der Waals surface area contributed by atoms with Gasteiger partial charge in [0, 0.05) is 11.4 Å². The molecule has 0 bridgehead atoms.